The lowest BCUT2D eigenvalue weighted by atomic mass is 10.2. The molecule has 19 heavy (non-hydrogen) atoms. The van der Waals surface area contributed by atoms with Crippen LogP contribution in [0.15, 0.2) is 48.5 Å². The Morgan fingerprint density at radius 2 is 1.79 bits per heavy atom. The normalized spacial score (nSPS) is 15.3. The third-order valence-corrected chi connectivity index (χ3v) is 3.09. The molecule has 3 rings (SSSR count). The highest BCUT2D eigenvalue weighted by Gasteiger charge is 2.11. The fourth-order valence-corrected chi connectivity index (χ4v) is 2.11. The molecular weight excluding hydrogens is 238 g/mol. The number of ether oxygens (including phenoxy) is 2. The molecule has 0 spiro atoms. The van der Waals surface area contributed by atoms with Gasteiger partial charge in [0.05, 0.1) is 13.2 Å². The van der Waals surface area contributed by atoms with Crippen LogP contribution in [-0.4, -0.2) is 26.3 Å². The Balaban J connectivity index is 1.76. The number of morpholine rings is 1. The molecule has 2 aromatic rings. The van der Waals surface area contributed by atoms with Gasteiger partial charge in [-0.2, -0.15) is 0 Å². The van der Waals surface area contributed by atoms with Crippen LogP contribution >= 0.6 is 0 Å². The molecule has 0 aliphatic carbocycles. The molecule has 0 N–H and O–H groups in total. The first-order valence-electron chi connectivity index (χ1n) is 6.49. The van der Waals surface area contributed by atoms with Crippen molar-refractivity contribution in [1.29, 1.82) is 0 Å². The fourth-order valence-electron chi connectivity index (χ4n) is 2.11. The third kappa shape index (κ3) is 3.06. The van der Waals surface area contributed by atoms with Crippen molar-refractivity contribution in [2.24, 2.45) is 0 Å². The summed E-state index contributed by atoms with van der Waals surface area (Å²) in [5.74, 6) is 1.69. The maximum atomic E-state index is 5.83. The van der Waals surface area contributed by atoms with E-state index in [0.717, 1.165) is 43.5 Å². The van der Waals surface area contributed by atoms with Crippen LogP contribution in [-0.2, 0) is 4.74 Å². The molecule has 97 valence electrons. The average Bonchev–Trinajstić information content (AvgIpc) is 2.49. The van der Waals surface area contributed by atoms with Gasteiger partial charge in [-0.05, 0) is 24.3 Å². The maximum absolute atomic E-state index is 5.83. The van der Waals surface area contributed by atoms with Crippen LogP contribution < -0.4 is 9.64 Å². The van der Waals surface area contributed by atoms with E-state index < -0.39 is 0 Å². The van der Waals surface area contributed by atoms with E-state index in [0.29, 0.717) is 0 Å². The van der Waals surface area contributed by atoms with E-state index >= 15 is 0 Å². The van der Waals surface area contributed by atoms with Gasteiger partial charge in [0.25, 0.3) is 0 Å². The zero-order valence-electron chi connectivity index (χ0n) is 10.7. The number of anilines is 1. The molecule has 0 saturated carbocycles. The first-order valence-corrected chi connectivity index (χ1v) is 6.49. The molecule has 1 radical (unpaired) electrons. The Bertz CT molecular complexity index is 521. The predicted octanol–water partition coefficient (Wildman–Crippen LogP) is 3.12. The number of rotatable bonds is 3. The van der Waals surface area contributed by atoms with Gasteiger partial charge in [0, 0.05) is 30.9 Å². The van der Waals surface area contributed by atoms with Crippen molar-refractivity contribution < 1.29 is 9.47 Å². The number of hydrogen-bond acceptors (Lipinski definition) is 3. The lowest BCUT2D eigenvalue weighted by molar-refractivity contribution is 0.122. The van der Waals surface area contributed by atoms with Crippen LogP contribution in [0.4, 0.5) is 5.69 Å². The highest BCUT2D eigenvalue weighted by molar-refractivity contribution is 5.50. The first kappa shape index (κ1) is 12.1. The minimum Gasteiger partial charge on any atom is -0.457 e. The van der Waals surface area contributed by atoms with Crippen LogP contribution in [0.25, 0.3) is 0 Å². The quantitative estimate of drug-likeness (QED) is 0.840. The van der Waals surface area contributed by atoms with Crippen molar-refractivity contribution in [2.75, 3.05) is 31.2 Å². The summed E-state index contributed by atoms with van der Waals surface area (Å²) in [4.78, 5) is 2.27. The molecule has 1 heterocycles. The van der Waals surface area contributed by atoms with Crippen LogP contribution in [0.2, 0.25) is 0 Å². The zero-order chi connectivity index (χ0) is 12.9. The minimum absolute atomic E-state index is 0.775. The third-order valence-electron chi connectivity index (χ3n) is 3.09. The van der Waals surface area contributed by atoms with Gasteiger partial charge >= 0.3 is 0 Å². The van der Waals surface area contributed by atoms with Crippen molar-refractivity contribution in [3.8, 4) is 11.5 Å². The number of para-hydroxylation sites is 1. The largest absolute Gasteiger partial charge is 0.457 e. The summed E-state index contributed by atoms with van der Waals surface area (Å²) < 4.78 is 11.2. The molecule has 0 atom stereocenters. The van der Waals surface area contributed by atoms with Crippen LogP contribution in [0.5, 0.6) is 11.5 Å². The Labute approximate surface area is 113 Å². The monoisotopic (exact) mass is 254 g/mol. The molecule has 1 aliphatic rings. The Morgan fingerprint density at radius 3 is 2.58 bits per heavy atom. The summed E-state index contributed by atoms with van der Waals surface area (Å²) in [5.41, 5.74) is 1.07. The van der Waals surface area contributed by atoms with E-state index in [1.807, 2.05) is 48.5 Å². The summed E-state index contributed by atoms with van der Waals surface area (Å²) in [6, 6.07) is 18.9. The van der Waals surface area contributed by atoms with Crippen LogP contribution in [0.1, 0.15) is 0 Å². The van der Waals surface area contributed by atoms with Crippen LogP contribution in [0, 0.1) is 6.07 Å². The summed E-state index contributed by atoms with van der Waals surface area (Å²) in [5, 5.41) is 0. The van der Waals surface area contributed by atoms with Crippen molar-refractivity contribution in [2.45, 2.75) is 0 Å². The Hall–Kier alpha value is -2.00. The van der Waals surface area contributed by atoms with Gasteiger partial charge in [0.15, 0.2) is 0 Å². The molecule has 3 nitrogen and oxygen atoms in total. The standard InChI is InChI=1S/C16H16NO2/c1-2-6-15(7-3-1)19-16-8-4-5-14(13-16)17-9-11-18-12-10-17/h1-4,6-8,13H,9-12H2. The second kappa shape index (κ2) is 5.76. The van der Waals surface area contributed by atoms with E-state index in [9.17, 15) is 0 Å². The van der Waals surface area contributed by atoms with Crippen molar-refractivity contribution in [3.05, 3.63) is 54.6 Å². The number of nitrogens with zero attached hydrogens (tertiary/aromatic N) is 1. The molecule has 1 aliphatic heterocycles. The molecule has 1 fully saturated rings. The van der Waals surface area contributed by atoms with Crippen LogP contribution in [0.3, 0.4) is 0 Å². The molecule has 3 heteroatoms. The lowest BCUT2D eigenvalue weighted by Crippen LogP contribution is -2.36. The average molecular weight is 254 g/mol. The highest BCUT2D eigenvalue weighted by atomic mass is 16.5. The predicted molar refractivity (Wildman–Crippen MR) is 74.8 cm³/mol. The maximum Gasteiger partial charge on any atom is 0.129 e. The smallest absolute Gasteiger partial charge is 0.129 e. The van der Waals surface area contributed by atoms with E-state index in [2.05, 4.69) is 11.0 Å². The minimum atomic E-state index is 0.775. The molecule has 0 amide bonds. The van der Waals surface area contributed by atoms with E-state index in [1.54, 1.807) is 0 Å². The second-order valence-electron chi connectivity index (χ2n) is 4.42. The van der Waals surface area contributed by atoms with Crippen molar-refractivity contribution in [1.82, 2.24) is 0 Å². The number of hydrogen-bond donors (Lipinski definition) is 0. The summed E-state index contributed by atoms with van der Waals surface area (Å²) in [7, 11) is 0. The fraction of sp³-hybridized carbons (Fsp3) is 0.250. The highest BCUT2D eigenvalue weighted by Crippen LogP contribution is 2.25. The van der Waals surface area contributed by atoms with Gasteiger partial charge in [0.1, 0.15) is 11.5 Å². The lowest BCUT2D eigenvalue weighted by Gasteiger charge is -2.28. The Morgan fingerprint density at radius 1 is 1.00 bits per heavy atom. The molecule has 0 aromatic heterocycles. The van der Waals surface area contributed by atoms with Gasteiger partial charge in [-0.15, -0.1) is 0 Å². The topological polar surface area (TPSA) is 21.7 Å². The van der Waals surface area contributed by atoms with E-state index in [4.69, 9.17) is 9.47 Å². The van der Waals surface area contributed by atoms with Gasteiger partial charge in [-0.1, -0.05) is 18.2 Å². The molecule has 1 saturated heterocycles. The second-order valence-corrected chi connectivity index (χ2v) is 4.42. The SMILES string of the molecule is [c]1ccc(Oc2ccccc2)cc1N1CCOCC1. The van der Waals surface area contributed by atoms with Gasteiger partial charge < -0.3 is 14.4 Å². The molecular formula is C16H16NO2. The van der Waals surface area contributed by atoms with Gasteiger partial charge in [-0.25, -0.2) is 0 Å². The number of benzene rings is 2. The molecule has 0 unspecified atom stereocenters. The molecule has 0 bridgehead atoms. The van der Waals surface area contributed by atoms with E-state index in [-0.39, 0.29) is 0 Å². The molecule has 2 aromatic carbocycles. The van der Waals surface area contributed by atoms with Crippen molar-refractivity contribution in [3.63, 3.8) is 0 Å². The van der Waals surface area contributed by atoms with E-state index in [1.165, 1.54) is 0 Å². The summed E-state index contributed by atoms with van der Waals surface area (Å²) in [6.45, 7) is 3.37. The summed E-state index contributed by atoms with van der Waals surface area (Å²) in [6.07, 6.45) is 0. The van der Waals surface area contributed by atoms with Gasteiger partial charge in [0.2, 0.25) is 0 Å². The Kier molecular flexibility index (Phi) is 3.65. The first-order chi connectivity index (χ1) is 9.42. The zero-order valence-corrected chi connectivity index (χ0v) is 10.7. The summed E-state index contributed by atoms with van der Waals surface area (Å²) >= 11 is 0. The van der Waals surface area contributed by atoms with Crippen molar-refractivity contribution >= 4 is 5.69 Å². The van der Waals surface area contributed by atoms with Gasteiger partial charge in [-0.3, -0.25) is 0 Å².